The predicted octanol–water partition coefficient (Wildman–Crippen LogP) is -1.10. The molecule has 0 saturated carbocycles. The van der Waals surface area contributed by atoms with Gasteiger partial charge in [0.15, 0.2) is 0 Å². The summed E-state index contributed by atoms with van der Waals surface area (Å²) in [6, 6.07) is 0. The Balaban J connectivity index is 2.38. The Bertz CT molecular complexity index is 230. The van der Waals surface area contributed by atoms with Gasteiger partial charge >= 0.3 is 0 Å². The van der Waals surface area contributed by atoms with E-state index in [-0.39, 0.29) is 18.4 Å². The highest BCUT2D eigenvalue weighted by Gasteiger charge is 2.23. The van der Waals surface area contributed by atoms with Crippen molar-refractivity contribution in [2.24, 2.45) is 0 Å². The smallest absolute Gasteiger partial charge is 0.241 e. The summed E-state index contributed by atoms with van der Waals surface area (Å²) in [7, 11) is 1.76. The van der Waals surface area contributed by atoms with Crippen LogP contribution in [0.4, 0.5) is 0 Å². The number of likely N-dealkylation sites (N-methyl/N-ethyl adjacent to an activating group) is 2. The third-order valence-corrected chi connectivity index (χ3v) is 2.34. The number of piperazine rings is 1. The van der Waals surface area contributed by atoms with Crippen molar-refractivity contribution in [1.29, 1.82) is 0 Å². The summed E-state index contributed by atoms with van der Waals surface area (Å²) in [6.45, 7) is 4.55. The van der Waals surface area contributed by atoms with Gasteiger partial charge in [-0.05, 0) is 6.54 Å². The molecular formula is C9H17N3O2. The number of nitrogens with zero attached hydrogens (tertiary/aromatic N) is 2. The number of hydrogen-bond donors (Lipinski definition) is 1. The Labute approximate surface area is 84.0 Å². The second-order valence-electron chi connectivity index (χ2n) is 3.41. The van der Waals surface area contributed by atoms with E-state index in [2.05, 4.69) is 5.32 Å². The van der Waals surface area contributed by atoms with Crippen LogP contribution in [-0.2, 0) is 9.59 Å². The Morgan fingerprint density at radius 3 is 2.79 bits per heavy atom. The van der Waals surface area contributed by atoms with Crippen LogP contribution in [0.1, 0.15) is 6.92 Å². The summed E-state index contributed by atoms with van der Waals surface area (Å²) < 4.78 is 0. The van der Waals surface area contributed by atoms with E-state index in [9.17, 15) is 9.59 Å². The molecule has 1 rings (SSSR count). The summed E-state index contributed by atoms with van der Waals surface area (Å²) in [4.78, 5) is 26.0. The summed E-state index contributed by atoms with van der Waals surface area (Å²) in [6.07, 6.45) is 0. The minimum absolute atomic E-state index is 0.00769. The highest BCUT2D eigenvalue weighted by Crippen LogP contribution is 2.00. The Kier molecular flexibility index (Phi) is 3.88. The van der Waals surface area contributed by atoms with Crippen molar-refractivity contribution in [3.8, 4) is 0 Å². The van der Waals surface area contributed by atoms with Gasteiger partial charge in [0.2, 0.25) is 11.8 Å². The Morgan fingerprint density at radius 2 is 2.21 bits per heavy atom. The van der Waals surface area contributed by atoms with Crippen molar-refractivity contribution in [1.82, 2.24) is 15.1 Å². The first-order valence-electron chi connectivity index (χ1n) is 4.87. The van der Waals surface area contributed by atoms with Crippen LogP contribution >= 0.6 is 0 Å². The summed E-state index contributed by atoms with van der Waals surface area (Å²) in [5.74, 6) is 0.0226. The highest BCUT2D eigenvalue weighted by molar-refractivity contribution is 5.86. The van der Waals surface area contributed by atoms with Crippen LogP contribution in [0.3, 0.4) is 0 Å². The quantitative estimate of drug-likeness (QED) is 0.627. The Hall–Kier alpha value is -1.10. The van der Waals surface area contributed by atoms with Crippen LogP contribution in [0.25, 0.3) is 0 Å². The van der Waals surface area contributed by atoms with Crippen LogP contribution in [0, 0.1) is 0 Å². The largest absolute Gasteiger partial charge is 0.342 e. The Morgan fingerprint density at radius 1 is 1.50 bits per heavy atom. The van der Waals surface area contributed by atoms with Crippen molar-refractivity contribution in [2.75, 3.05) is 39.8 Å². The van der Waals surface area contributed by atoms with Gasteiger partial charge in [-0.15, -0.1) is 0 Å². The van der Waals surface area contributed by atoms with Gasteiger partial charge in [0.25, 0.3) is 0 Å². The summed E-state index contributed by atoms with van der Waals surface area (Å²) in [5.41, 5.74) is 0. The highest BCUT2D eigenvalue weighted by atomic mass is 16.2. The lowest BCUT2D eigenvalue weighted by molar-refractivity contribution is -0.143. The van der Waals surface area contributed by atoms with E-state index in [1.54, 1.807) is 16.8 Å². The molecule has 1 N–H and O–H groups in total. The van der Waals surface area contributed by atoms with Crippen molar-refractivity contribution in [3.05, 3.63) is 0 Å². The number of amides is 2. The van der Waals surface area contributed by atoms with Crippen molar-refractivity contribution in [3.63, 3.8) is 0 Å². The van der Waals surface area contributed by atoms with Gasteiger partial charge < -0.3 is 15.1 Å². The third-order valence-electron chi connectivity index (χ3n) is 2.34. The van der Waals surface area contributed by atoms with Crippen LogP contribution in [0.15, 0.2) is 0 Å². The van der Waals surface area contributed by atoms with Crippen molar-refractivity contribution < 1.29 is 9.59 Å². The molecule has 1 aliphatic heterocycles. The molecule has 1 aliphatic rings. The molecule has 1 heterocycles. The van der Waals surface area contributed by atoms with Crippen molar-refractivity contribution in [2.45, 2.75) is 6.92 Å². The molecule has 0 aliphatic carbocycles. The third kappa shape index (κ3) is 2.70. The fraction of sp³-hybridized carbons (Fsp3) is 0.778. The van der Waals surface area contributed by atoms with E-state index in [1.165, 1.54) is 0 Å². The molecule has 2 amide bonds. The van der Waals surface area contributed by atoms with E-state index in [4.69, 9.17) is 0 Å². The van der Waals surface area contributed by atoms with Gasteiger partial charge in [0.05, 0.1) is 13.1 Å². The molecule has 0 aromatic heterocycles. The second kappa shape index (κ2) is 4.95. The SMILES string of the molecule is CCNCC(=O)N1CCN(C)C(=O)C1. The zero-order valence-electron chi connectivity index (χ0n) is 8.75. The molecule has 0 atom stereocenters. The number of carbonyl (C=O) groups is 2. The van der Waals surface area contributed by atoms with Gasteiger partial charge in [-0.1, -0.05) is 6.92 Å². The van der Waals surface area contributed by atoms with E-state index < -0.39 is 0 Å². The maximum Gasteiger partial charge on any atom is 0.241 e. The number of carbonyl (C=O) groups excluding carboxylic acids is 2. The van der Waals surface area contributed by atoms with Gasteiger partial charge in [-0.3, -0.25) is 9.59 Å². The lowest BCUT2D eigenvalue weighted by Crippen LogP contribution is -2.52. The fourth-order valence-corrected chi connectivity index (χ4v) is 1.32. The molecule has 0 spiro atoms. The number of rotatable bonds is 3. The molecule has 0 unspecified atom stereocenters. The molecule has 5 nitrogen and oxygen atoms in total. The summed E-state index contributed by atoms with van der Waals surface area (Å²) >= 11 is 0. The molecule has 80 valence electrons. The maximum atomic E-state index is 11.5. The average Bonchev–Trinajstić information content (AvgIpc) is 2.18. The second-order valence-corrected chi connectivity index (χ2v) is 3.41. The number of nitrogens with one attached hydrogen (secondary N) is 1. The van der Waals surface area contributed by atoms with E-state index in [1.807, 2.05) is 6.92 Å². The first-order valence-corrected chi connectivity index (χ1v) is 4.87. The van der Waals surface area contributed by atoms with Crippen LogP contribution in [0.5, 0.6) is 0 Å². The molecular weight excluding hydrogens is 182 g/mol. The first-order chi connectivity index (χ1) is 6.65. The van der Waals surface area contributed by atoms with E-state index in [0.717, 1.165) is 6.54 Å². The van der Waals surface area contributed by atoms with Crippen LogP contribution in [0.2, 0.25) is 0 Å². The average molecular weight is 199 g/mol. The fourth-order valence-electron chi connectivity index (χ4n) is 1.32. The van der Waals surface area contributed by atoms with Gasteiger partial charge in [0.1, 0.15) is 0 Å². The molecule has 0 radical (unpaired) electrons. The topological polar surface area (TPSA) is 52.7 Å². The molecule has 1 fully saturated rings. The number of hydrogen-bond acceptors (Lipinski definition) is 3. The first kappa shape index (κ1) is 11.0. The lowest BCUT2D eigenvalue weighted by atomic mass is 10.3. The lowest BCUT2D eigenvalue weighted by Gasteiger charge is -2.32. The molecule has 1 saturated heterocycles. The van der Waals surface area contributed by atoms with Crippen LogP contribution in [-0.4, -0.2) is 61.4 Å². The van der Waals surface area contributed by atoms with Gasteiger partial charge in [-0.25, -0.2) is 0 Å². The minimum Gasteiger partial charge on any atom is -0.342 e. The molecule has 14 heavy (non-hydrogen) atoms. The van der Waals surface area contributed by atoms with Gasteiger partial charge in [0, 0.05) is 20.1 Å². The normalized spacial score (nSPS) is 17.4. The van der Waals surface area contributed by atoms with Gasteiger partial charge in [-0.2, -0.15) is 0 Å². The zero-order valence-corrected chi connectivity index (χ0v) is 8.75. The zero-order chi connectivity index (χ0) is 10.6. The van der Waals surface area contributed by atoms with E-state index >= 15 is 0 Å². The minimum atomic E-state index is 0.00769. The summed E-state index contributed by atoms with van der Waals surface area (Å²) in [5, 5.41) is 2.96. The molecule has 0 aromatic rings. The molecule has 0 aromatic carbocycles. The molecule has 5 heteroatoms. The maximum absolute atomic E-state index is 11.5. The van der Waals surface area contributed by atoms with Crippen molar-refractivity contribution >= 4 is 11.8 Å². The molecule has 0 bridgehead atoms. The monoisotopic (exact) mass is 199 g/mol. The van der Waals surface area contributed by atoms with Crippen LogP contribution < -0.4 is 5.32 Å². The standard InChI is InChI=1S/C9H17N3O2/c1-3-10-6-8(13)12-5-4-11(2)9(14)7-12/h10H,3-7H2,1-2H3. The predicted molar refractivity (Wildman–Crippen MR) is 52.8 cm³/mol. The van der Waals surface area contributed by atoms with E-state index in [0.29, 0.717) is 19.6 Å².